The normalized spacial score (nSPS) is 24.0. The molecule has 3 atom stereocenters. The van der Waals surface area contributed by atoms with Gasteiger partial charge in [0.2, 0.25) is 21.7 Å². The highest BCUT2D eigenvalue weighted by Gasteiger charge is 2.48. The standard InChI is InChI=1S/C26H36N6O5S.ClH/c1-2-6-23(33)30-26(31-38(35,36)22-11-10-18-7-3-4-8-19(18)16-22)24(34)20(9-5-12-29-26)15-21-17-32(25(27)28)13-14-37-21;/h3-4,7-8,10-11,16,20-21,29,31H,2,5-6,9,12-15,17H2,1H3,(H3,27,28)(H,30,33);1H/t20?,21-,26?;/m1./s1. The Bertz CT molecular complexity index is 1310. The number of rotatable bonds is 8. The van der Waals surface area contributed by atoms with Gasteiger partial charge >= 0.3 is 0 Å². The molecule has 1 amide bonds. The number of nitrogens with two attached hydrogens (primary N) is 1. The average Bonchev–Trinajstić information content (AvgIpc) is 3.02. The molecule has 2 saturated heterocycles. The highest BCUT2D eigenvalue weighted by atomic mass is 35.5. The number of carbonyl (C=O) groups excluding carboxylic acids is 2. The van der Waals surface area contributed by atoms with Crippen molar-refractivity contribution in [3.63, 3.8) is 0 Å². The number of halogens is 1. The van der Waals surface area contributed by atoms with E-state index in [4.69, 9.17) is 15.9 Å². The molecule has 2 unspecified atom stereocenters. The number of Topliss-reactive ketones (excluding diaryl/α,β-unsaturated/α-hetero) is 1. The number of hydrogen-bond acceptors (Lipinski definition) is 7. The van der Waals surface area contributed by atoms with Crippen molar-refractivity contribution in [1.29, 1.82) is 5.41 Å². The Kier molecular flexibility index (Phi) is 10.3. The van der Waals surface area contributed by atoms with Gasteiger partial charge in [-0.25, -0.2) is 8.42 Å². The van der Waals surface area contributed by atoms with Crippen LogP contribution in [0.15, 0.2) is 47.4 Å². The van der Waals surface area contributed by atoms with E-state index in [2.05, 4.69) is 15.4 Å². The van der Waals surface area contributed by atoms with E-state index in [0.29, 0.717) is 51.9 Å². The molecule has 2 fully saturated rings. The first-order valence-corrected chi connectivity index (χ1v) is 14.5. The third-order valence-electron chi connectivity index (χ3n) is 7.01. The third kappa shape index (κ3) is 7.25. The van der Waals surface area contributed by atoms with E-state index in [1.165, 1.54) is 6.07 Å². The van der Waals surface area contributed by atoms with Crippen molar-refractivity contribution in [1.82, 2.24) is 20.3 Å². The van der Waals surface area contributed by atoms with Gasteiger partial charge in [0, 0.05) is 25.4 Å². The summed E-state index contributed by atoms with van der Waals surface area (Å²) < 4.78 is 35.7. The Morgan fingerprint density at radius 2 is 2.00 bits per heavy atom. The van der Waals surface area contributed by atoms with Crippen LogP contribution in [0.1, 0.15) is 39.0 Å². The molecule has 2 heterocycles. The molecule has 11 nitrogen and oxygen atoms in total. The molecule has 0 spiro atoms. The second-order valence-corrected chi connectivity index (χ2v) is 11.5. The van der Waals surface area contributed by atoms with E-state index in [1.807, 2.05) is 31.2 Å². The van der Waals surface area contributed by atoms with Gasteiger partial charge in [0.1, 0.15) is 0 Å². The number of ketones is 1. The first kappa shape index (κ1) is 30.8. The quantitative estimate of drug-likeness (QED) is 0.178. The number of nitrogens with one attached hydrogen (secondary N) is 4. The number of hydrogen-bond donors (Lipinski definition) is 5. The summed E-state index contributed by atoms with van der Waals surface area (Å²) in [5, 5.41) is 15.1. The maximum atomic E-state index is 14.1. The summed E-state index contributed by atoms with van der Waals surface area (Å²) in [6.45, 7) is 3.38. The van der Waals surface area contributed by atoms with E-state index in [1.54, 1.807) is 17.0 Å². The Morgan fingerprint density at radius 3 is 2.72 bits per heavy atom. The zero-order valence-corrected chi connectivity index (χ0v) is 23.6. The Morgan fingerprint density at radius 1 is 1.26 bits per heavy atom. The van der Waals surface area contributed by atoms with Gasteiger partial charge < -0.3 is 20.7 Å². The van der Waals surface area contributed by atoms with E-state index in [9.17, 15) is 18.0 Å². The van der Waals surface area contributed by atoms with Crippen LogP contribution in [0.2, 0.25) is 0 Å². The molecular formula is C26H37ClN6O5S. The van der Waals surface area contributed by atoms with Crippen molar-refractivity contribution in [3.8, 4) is 0 Å². The SMILES string of the molecule is CCCC(=O)NC1(NS(=O)(=O)c2ccc3ccccc3c2)NCCCC(C[C@@H]2CN(C(=N)N)CCO2)C1=O.Cl. The minimum Gasteiger partial charge on any atom is -0.375 e. The van der Waals surface area contributed by atoms with Gasteiger partial charge in [-0.1, -0.05) is 37.3 Å². The summed E-state index contributed by atoms with van der Waals surface area (Å²) in [6, 6.07) is 12.1. The molecule has 0 aliphatic carbocycles. The van der Waals surface area contributed by atoms with Crippen molar-refractivity contribution in [2.75, 3.05) is 26.2 Å². The molecule has 2 aromatic carbocycles. The summed E-state index contributed by atoms with van der Waals surface area (Å²) in [6.07, 6.45) is 1.72. The highest BCUT2D eigenvalue weighted by Crippen LogP contribution is 2.27. The fraction of sp³-hybridized carbons (Fsp3) is 0.500. The van der Waals surface area contributed by atoms with Crippen molar-refractivity contribution in [2.45, 2.75) is 55.8 Å². The Balaban J connectivity index is 0.00000420. The van der Waals surface area contributed by atoms with Crippen LogP contribution in [0.4, 0.5) is 0 Å². The number of benzene rings is 2. The van der Waals surface area contributed by atoms with Crippen LogP contribution in [-0.2, 0) is 24.3 Å². The van der Waals surface area contributed by atoms with Gasteiger partial charge in [0.25, 0.3) is 0 Å². The Labute approximate surface area is 235 Å². The minimum absolute atomic E-state index is 0. The molecule has 13 heteroatoms. The van der Waals surface area contributed by atoms with Crippen LogP contribution in [-0.4, -0.2) is 69.1 Å². The van der Waals surface area contributed by atoms with E-state index < -0.39 is 33.4 Å². The number of morpholine rings is 1. The summed E-state index contributed by atoms with van der Waals surface area (Å²) in [7, 11) is -4.23. The van der Waals surface area contributed by atoms with Crippen LogP contribution in [0.25, 0.3) is 10.8 Å². The van der Waals surface area contributed by atoms with Crippen molar-refractivity contribution >= 4 is 50.9 Å². The molecular weight excluding hydrogens is 544 g/mol. The molecule has 4 rings (SSSR count). The lowest BCUT2D eigenvalue weighted by atomic mass is 9.89. The first-order valence-electron chi connectivity index (χ1n) is 13.0. The van der Waals surface area contributed by atoms with E-state index in [0.717, 1.165) is 10.8 Å². The molecule has 2 aliphatic rings. The summed E-state index contributed by atoms with van der Waals surface area (Å²) in [5.74, 6) is -3.56. The third-order valence-corrected chi connectivity index (χ3v) is 8.46. The monoisotopic (exact) mass is 580 g/mol. The molecule has 6 N–H and O–H groups in total. The topological polar surface area (TPSA) is 167 Å². The van der Waals surface area contributed by atoms with Gasteiger partial charge in [-0.15, -0.1) is 12.4 Å². The lowest BCUT2D eigenvalue weighted by Crippen LogP contribution is -2.74. The summed E-state index contributed by atoms with van der Waals surface area (Å²) in [5.41, 5.74) is 5.65. The number of guanidine groups is 1. The Hall–Kier alpha value is -2.77. The highest BCUT2D eigenvalue weighted by molar-refractivity contribution is 7.89. The summed E-state index contributed by atoms with van der Waals surface area (Å²) in [4.78, 5) is 28.5. The number of ether oxygens (including phenoxy) is 1. The largest absolute Gasteiger partial charge is 0.375 e. The predicted octanol–water partition coefficient (Wildman–Crippen LogP) is 1.66. The number of sulfonamides is 1. The van der Waals surface area contributed by atoms with Crippen molar-refractivity contribution in [3.05, 3.63) is 42.5 Å². The second-order valence-electron chi connectivity index (χ2n) is 9.85. The fourth-order valence-corrected chi connectivity index (χ4v) is 6.36. The van der Waals surface area contributed by atoms with Crippen LogP contribution in [0.5, 0.6) is 0 Å². The van der Waals surface area contributed by atoms with Gasteiger partial charge in [-0.05, 0) is 55.1 Å². The van der Waals surface area contributed by atoms with Gasteiger partial charge in [-0.3, -0.25) is 20.3 Å². The van der Waals surface area contributed by atoms with Crippen molar-refractivity contribution < 1.29 is 22.7 Å². The molecule has 39 heavy (non-hydrogen) atoms. The number of nitrogens with zero attached hydrogens (tertiary/aromatic N) is 1. The lowest BCUT2D eigenvalue weighted by Gasteiger charge is -2.37. The first-order chi connectivity index (χ1) is 18.1. The predicted molar refractivity (Wildman–Crippen MR) is 151 cm³/mol. The van der Waals surface area contributed by atoms with Gasteiger partial charge in [-0.2, -0.15) is 4.72 Å². The van der Waals surface area contributed by atoms with Gasteiger partial charge in [0.15, 0.2) is 11.7 Å². The number of carbonyl (C=O) groups is 2. The fourth-order valence-electron chi connectivity index (χ4n) is 5.08. The molecule has 2 aromatic rings. The smallest absolute Gasteiger partial charge is 0.243 e. The molecule has 0 radical (unpaired) electrons. The minimum atomic E-state index is -4.23. The number of amides is 1. The van der Waals surface area contributed by atoms with E-state index in [-0.39, 0.29) is 35.8 Å². The molecule has 0 aromatic heterocycles. The lowest BCUT2D eigenvalue weighted by molar-refractivity contribution is -0.138. The molecule has 0 saturated carbocycles. The maximum absolute atomic E-state index is 14.1. The second kappa shape index (κ2) is 13.1. The molecule has 2 aliphatic heterocycles. The zero-order valence-electron chi connectivity index (χ0n) is 21.9. The average molecular weight is 581 g/mol. The van der Waals surface area contributed by atoms with Gasteiger partial charge in [0.05, 0.1) is 17.6 Å². The van der Waals surface area contributed by atoms with E-state index >= 15 is 0 Å². The molecule has 214 valence electrons. The molecule has 0 bridgehead atoms. The zero-order chi connectivity index (χ0) is 27.3. The summed E-state index contributed by atoms with van der Waals surface area (Å²) >= 11 is 0. The van der Waals surface area contributed by atoms with Crippen LogP contribution < -0.4 is 21.1 Å². The van der Waals surface area contributed by atoms with Crippen LogP contribution in [0, 0.1) is 11.3 Å². The van der Waals surface area contributed by atoms with Crippen LogP contribution in [0.3, 0.4) is 0 Å². The number of fused-ring (bicyclic) bond motifs is 1. The van der Waals surface area contributed by atoms with Crippen molar-refractivity contribution in [2.24, 2.45) is 11.7 Å². The maximum Gasteiger partial charge on any atom is 0.243 e. The van der Waals surface area contributed by atoms with Crippen LogP contribution >= 0.6 is 12.4 Å².